The molecule has 2 aromatic carbocycles. The maximum Gasteiger partial charge on any atom is 0.0571 e. The van der Waals surface area contributed by atoms with Gasteiger partial charge in [0.25, 0.3) is 0 Å². The van der Waals surface area contributed by atoms with Crippen LogP contribution < -0.4 is 5.32 Å². The van der Waals surface area contributed by atoms with Crippen LogP contribution in [0.15, 0.2) is 54.6 Å². The third-order valence-electron chi connectivity index (χ3n) is 4.58. The Morgan fingerprint density at radius 1 is 0.950 bits per heavy atom. The van der Waals surface area contributed by atoms with Crippen LogP contribution in [-0.2, 0) is 6.42 Å². The second kappa shape index (κ2) is 4.91. The number of hydrogen-bond donors (Lipinski definition) is 1. The highest BCUT2D eigenvalue weighted by Gasteiger charge is 2.42. The molecule has 1 nitrogen and oxygen atoms in total. The first-order chi connectivity index (χ1) is 9.83. The van der Waals surface area contributed by atoms with Crippen molar-refractivity contribution in [3.05, 3.63) is 71.3 Å². The Labute approximate surface area is 125 Å². The molecule has 1 saturated carbocycles. The molecule has 0 amide bonds. The highest BCUT2D eigenvalue weighted by atomic mass is 35.5. The van der Waals surface area contributed by atoms with E-state index < -0.39 is 0 Å². The molecular weight excluding hydrogens is 266 g/mol. The number of rotatable bonds is 3. The summed E-state index contributed by atoms with van der Waals surface area (Å²) in [6.45, 7) is 0. The summed E-state index contributed by atoms with van der Waals surface area (Å²) >= 11 is 6.55. The molecule has 20 heavy (non-hydrogen) atoms. The Morgan fingerprint density at radius 3 is 2.55 bits per heavy atom. The van der Waals surface area contributed by atoms with Gasteiger partial charge in [-0.15, -0.1) is 11.6 Å². The molecule has 2 heteroatoms. The highest BCUT2D eigenvalue weighted by molar-refractivity contribution is 6.21. The minimum absolute atomic E-state index is 0.185. The molecule has 0 aromatic heterocycles. The van der Waals surface area contributed by atoms with Crippen LogP contribution in [-0.4, -0.2) is 11.4 Å². The summed E-state index contributed by atoms with van der Waals surface area (Å²) in [6, 6.07) is 20.3. The number of fused-ring (bicyclic) bond motifs is 1. The second-order valence-electron chi connectivity index (χ2n) is 5.92. The van der Waals surface area contributed by atoms with Crippen molar-refractivity contribution in [3.63, 3.8) is 0 Å². The summed E-state index contributed by atoms with van der Waals surface area (Å²) in [5.41, 5.74) is 4.25. The predicted molar refractivity (Wildman–Crippen MR) is 83.3 cm³/mol. The fraction of sp³-hybridized carbons (Fsp3) is 0.333. The number of benzene rings is 2. The van der Waals surface area contributed by atoms with Crippen molar-refractivity contribution in [2.75, 3.05) is 0 Å². The van der Waals surface area contributed by atoms with Gasteiger partial charge in [0.2, 0.25) is 0 Å². The number of alkyl halides is 1. The molecule has 1 fully saturated rings. The summed E-state index contributed by atoms with van der Waals surface area (Å²) in [4.78, 5) is 0. The zero-order chi connectivity index (χ0) is 13.5. The maximum atomic E-state index is 6.55. The molecule has 0 spiro atoms. The molecule has 2 aromatic rings. The molecule has 0 aliphatic heterocycles. The van der Waals surface area contributed by atoms with Gasteiger partial charge in [-0.3, -0.25) is 0 Å². The number of halogens is 1. The van der Waals surface area contributed by atoms with E-state index in [-0.39, 0.29) is 5.38 Å². The molecule has 0 heterocycles. The molecule has 0 bridgehead atoms. The van der Waals surface area contributed by atoms with Gasteiger partial charge in [0, 0.05) is 18.0 Å². The molecule has 1 N–H and O–H groups in total. The molecule has 2 aliphatic rings. The standard InChI is InChI=1S/C18H18ClN/c19-16-10-13-8-4-5-9-14(13)18(16)20-17-11-15(17)12-6-2-1-3-7-12/h1-9,15-18,20H,10-11H2/t15-,16?,17+,18?/m0/s1. The van der Waals surface area contributed by atoms with Crippen molar-refractivity contribution in [3.8, 4) is 0 Å². The fourth-order valence-electron chi connectivity index (χ4n) is 3.42. The summed E-state index contributed by atoms with van der Waals surface area (Å²) in [7, 11) is 0. The van der Waals surface area contributed by atoms with Crippen LogP contribution in [0.3, 0.4) is 0 Å². The fourth-order valence-corrected chi connectivity index (χ4v) is 3.79. The average Bonchev–Trinajstić information content (AvgIpc) is 3.19. The van der Waals surface area contributed by atoms with Crippen molar-refractivity contribution in [2.24, 2.45) is 0 Å². The van der Waals surface area contributed by atoms with Gasteiger partial charge in [0.1, 0.15) is 0 Å². The number of nitrogens with one attached hydrogen (secondary N) is 1. The van der Waals surface area contributed by atoms with E-state index in [4.69, 9.17) is 11.6 Å². The van der Waals surface area contributed by atoms with E-state index in [1.165, 1.54) is 23.1 Å². The van der Waals surface area contributed by atoms with E-state index >= 15 is 0 Å². The Morgan fingerprint density at radius 2 is 1.70 bits per heavy atom. The van der Waals surface area contributed by atoms with E-state index in [1.807, 2.05) is 0 Å². The van der Waals surface area contributed by atoms with E-state index in [9.17, 15) is 0 Å². The quantitative estimate of drug-likeness (QED) is 0.839. The van der Waals surface area contributed by atoms with Crippen molar-refractivity contribution in [2.45, 2.75) is 36.2 Å². The van der Waals surface area contributed by atoms with Gasteiger partial charge in [-0.05, 0) is 29.5 Å². The van der Waals surface area contributed by atoms with Crippen molar-refractivity contribution >= 4 is 11.6 Å². The molecule has 4 atom stereocenters. The summed E-state index contributed by atoms with van der Waals surface area (Å²) < 4.78 is 0. The van der Waals surface area contributed by atoms with Gasteiger partial charge in [0.15, 0.2) is 0 Å². The summed E-state index contributed by atoms with van der Waals surface area (Å²) in [5, 5.41) is 3.96. The van der Waals surface area contributed by atoms with Gasteiger partial charge < -0.3 is 5.32 Å². The largest absolute Gasteiger partial charge is 0.305 e. The Bertz CT molecular complexity index is 610. The minimum atomic E-state index is 0.185. The zero-order valence-electron chi connectivity index (χ0n) is 11.3. The van der Waals surface area contributed by atoms with Gasteiger partial charge >= 0.3 is 0 Å². The minimum Gasteiger partial charge on any atom is -0.305 e. The van der Waals surface area contributed by atoms with Crippen molar-refractivity contribution in [1.82, 2.24) is 5.32 Å². The Kier molecular flexibility index (Phi) is 3.05. The van der Waals surface area contributed by atoms with Crippen molar-refractivity contribution < 1.29 is 0 Å². The summed E-state index contributed by atoms with van der Waals surface area (Å²) in [5.74, 6) is 0.660. The molecule has 2 aliphatic carbocycles. The first-order valence-corrected chi connectivity index (χ1v) is 7.79. The first-order valence-electron chi connectivity index (χ1n) is 7.36. The lowest BCUT2D eigenvalue weighted by Crippen LogP contribution is -2.28. The lowest BCUT2D eigenvalue weighted by Gasteiger charge is -2.17. The number of hydrogen-bond acceptors (Lipinski definition) is 1. The second-order valence-corrected chi connectivity index (χ2v) is 6.48. The maximum absolute atomic E-state index is 6.55. The van der Waals surface area contributed by atoms with Crippen LogP contribution in [0.2, 0.25) is 0 Å². The van der Waals surface area contributed by atoms with Gasteiger partial charge in [-0.2, -0.15) is 0 Å². The Hall–Kier alpha value is -1.31. The zero-order valence-corrected chi connectivity index (χ0v) is 12.1. The molecule has 102 valence electrons. The molecule has 2 unspecified atom stereocenters. The molecule has 0 saturated heterocycles. The van der Waals surface area contributed by atoms with E-state index in [2.05, 4.69) is 59.9 Å². The van der Waals surface area contributed by atoms with Crippen LogP contribution in [0, 0.1) is 0 Å². The van der Waals surface area contributed by atoms with Crippen LogP contribution in [0.25, 0.3) is 0 Å². The van der Waals surface area contributed by atoms with Crippen LogP contribution in [0.4, 0.5) is 0 Å². The SMILES string of the molecule is ClC1Cc2ccccc2C1N[C@@H]1C[C@H]1c1ccccc1. The van der Waals surface area contributed by atoms with Crippen molar-refractivity contribution in [1.29, 1.82) is 0 Å². The third kappa shape index (κ3) is 2.15. The average molecular weight is 284 g/mol. The monoisotopic (exact) mass is 283 g/mol. The van der Waals surface area contributed by atoms with Gasteiger partial charge in [-0.1, -0.05) is 54.6 Å². The highest BCUT2D eigenvalue weighted by Crippen LogP contribution is 2.44. The van der Waals surface area contributed by atoms with Crippen LogP contribution >= 0.6 is 11.6 Å². The smallest absolute Gasteiger partial charge is 0.0571 e. The van der Waals surface area contributed by atoms with E-state index in [1.54, 1.807) is 0 Å². The molecular formula is C18H18ClN. The lowest BCUT2D eigenvalue weighted by molar-refractivity contribution is 0.526. The van der Waals surface area contributed by atoms with Crippen LogP contribution in [0.5, 0.6) is 0 Å². The van der Waals surface area contributed by atoms with Gasteiger partial charge in [-0.25, -0.2) is 0 Å². The molecule has 4 rings (SSSR count). The van der Waals surface area contributed by atoms with E-state index in [0.29, 0.717) is 18.0 Å². The third-order valence-corrected chi connectivity index (χ3v) is 4.98. The van der Waals surface area contributed by atoms with Gasteiger partial charge in [0.05, 0.1) is 5.38 Å². The van der Waals surface area contributed by atoms with Crippen LogP contribution in [0.1, 0.15) is 35.1 Å². The summed E-state index contributed by atoms with van der Waals surface area (Å²) in [6.07, 6.45) is 2.21. The predicted octanol–water partition coefficient (Wildman–Crippen LogP) is 4.04. The van der Waals surface area contributed by atoms with E-state index in [0.717, 1.165) is 6.42 Å². The Balaban J connectivity index is 1.49. The molecule has 0 radical (unpaired) electrons. The first kappa shape index (κ1) is 12.4. The normalized spacial score (nSPS) is 31.1. The topological polar surface area (TPSA) is 12.0 Å². The lowest BCUT2D eigenvalue weighted by atomic mass is 10.1.